The molecule has 6 rings (SSSR count). The first-order valence-corrected chi connectivity index (χ1v) is 11.3. The van der Waals surface area contributed by atoms with Crippen LogP contribution in [0.5, 0.6) is 5.75 Å². The van der Waals surface area contributed by atoms with E-state index in [9.17, 15) is 8.78 Å². The van der Waals surface area contributed by atoms with E-state index in [1.54, 1.807) is 30.5 Å². The van der Waals surface area contributed by atoms with Crippen LogP contribution in [0.2, 0.25) is 0 Å². The lowest BCUT2D eigenvalue weighted by Gasteiger charge is -2.26. The van der Waals surface area contributed by atoms with Crippen LogP contribution >= 0.6 is 0 Å². The molecule has 5 nitrogen and oxygen atoms in total. The number of fused-ring (bicyclic) bond motifs is 2. The van der Waals surface area contributed by atoms with Gasteiger partial charge in [-0.25, -0.2) is 8.78 Å². The number of aromatic amines is 1. The van der Waals surface area contributed by atoms with Crippen molar-refractivity contribution in [2.24, 2.45) is 0 Å². The van der Waals surface area contributed by atoms with Gasteiger partial charge in [0.15, 0.2) is 11.6 Å². The van der Waals surface area contributed by atoms with E-state index in [2.05, 4.69) is 26.9 Å². The van der Waals surface area contributed by atoms with Crippen LogP contribution in [0.25, 0.3) is 38.6 Å². The molecule has 0 atom stereocenters. The fourth-order valence-corrected chi connectivity index (χ4v) is 5.09. The Labute approximate surface area is 194 Å². The van der Waals surface area contributed by atoms with Gasteiger partial charge in [-0.3, -0.25) is 5.10 Å². The van der Waals surface area contributed by atoms with Crippen molar-refractivity contribution >= 4 is 21.8 Å². The van der Waals surface area contributed by atoms with Crippen molar-refractivity contribution in [3.05, 3.63) is 78.1 Å². The van der Waals surface area contributed by atoms with Crippen LogP contribution in [0, 0.1) is 11.6 Å². The molecule has 1 aliphatic rings. The maximum absolute atomic E-state index is 14.3. The van der Waals surface area contributed by atoms with Crippen molar-refractivity contribution in [2.75, 3.05) is 20.3 Å². The standard InChI is InChI=1S/C27H23F2N3O2/c1-33-25-13-17(2-7-22(25)29)26-21-14-23-18(15-30-31-23)12-24(21)32(20-5-3-19(28)4-6-20)27(26)16-8-10-34-11-9-16/h2-7,12-16H,8-11H2,1H3,(H,30,31). The Kier molecular flexibility index (Phi) is 5.07. The highest BCUT2D eigenvalue weighted by Crippen LogP contribution is 2.45. The summed E-state index contributed by atoms with van der Waals surface area (Å²) in [5.74, 6) is -0.278. The number of H-pyrrole nitrogens is 1. The van der Waals surface area contributed by atoms with Gasteiger partial charge in [0.05, 0.1) is 24.3 Å². The number of aromatic nitrogens is 3. The van der Waals surface area contributed by atoms with E-state index in [1.165, 1.54) is 25.3 Å². The number of nitrogens with zero attached hydrogens (tertiary/aromatic N) is 2. The molecule has 3 heterocycles. The summed E-state index contributed by atoms with van der Waals surface area (Å²) in [6.45, 7) is 1.35. The summed E-state index contributed by atoms with van der Waals surface area (Å²) in [6, 6.07) is 15.7. The molecule has 5 aromatic rings. The average molecular weight is 459 g/mol. The molecule has 1 N–H and O–H groups in total. The summed E-state index contributed by atoms with van der Waals surface area (Å²) < 4.78 is 41.4. The van der Waals surface area contributed by atoms with E-state index in [-0.39, 0.29) is 17.5 Å². The first kappa shape index (κ1) is 20.9. The minimum Gasteiger partial charge on any atom is -0.494 e. The van der Waals surface area contributed by atoms with E-state index in [4.69, 9.17) is 9.47 Å². The van der Waals surface area contributed by atoms with E-state index < -0.39 is 5.82 Å². The Bertz CT molecular complexity index is 1500. The number of benzene rings is 3. The van der Waals surface area contributed by atoms with Gasteiger partial charge in [-0.05, 0) is 66.9 Å². The van der Waals surface area contributed by atoms with Crippen molar-refractivity contribution in [1.29, 1.82) is 0 Å². The lowest BCUT2D eigenvalue weighted by Crippen LogP contribution is -2.17. The van der Waals surface area contributed by atoms with Gasteiger partial charge in [-0.2, -0.15) is 5.10 Å². The van der Waals surface area contributed by atoms with Gasteiger partial charge in [0.1, 0.15) is 5.82 Å². The Morgan fingerprint density at radius 1 is 1.03 bits per heavy atom. The molecule has 3 aromatic carbocycles. The van der Waals surface area contributed by atoms with Crippen LogP contribution in [0.1, 0.15) is 24.5 Å². The maximum atomic E-state index is 14.3. The van der Waals surface area contributed by atoms with E-state index >= 15 is 0 Å². The molecule has 0 aliphatic carbocycles. The lowest BCUT2D eigenvalue weighted by molar-refractivity contribution is 0.0843. The molecule has 0 amide bonds. The molecular formula is C27H23F2N3O2. The zero-order valence-corrected chi connectivity index (χ0v) is 18.6. The van der Waals surface area contributed by atoms with Crippen LogP contribution < -0.4 is 4.74 Å². The summed E-state index contributed by atoms with van der Waals surface area (Å²) in [6.07, 6.45) is 3.52. The number of hydrogen-bond acceptors (Lipinski definition) is 3. The molecule has 1 fully saturated rings. The summed E-state index contributed by atoms with van der Waals surface area (Å²) in [5.41, 5.74) is 5.76. The Morgan fingerprint density at radius 2 is 1.82 bits per heavy atom. The first-order valence-electron chi connectivity index (χ1n) is 11.3. The smallest absolute Gasteiger partial charge is 0.165 e. The predicted octanol–water partition coefficient (Wildman–Crippen LogP) is 6.35. The molecule has 0 spiro atoms. The SMILES string of the molecule is COc1cc(-c2c(C3CCOCC3)n(-c3ccc(F)cc3)c3cc4cn[nH]c4cc23)ccc1F. The van der Waals surface area contributed by atoms with Crippen LogP contribution in [0.4, 0.5) is 8.78 Å². The molecule has 0 saturated carbocycles. The zero-order valence-electron chi connectivity index (χ0n) is 18.6. The topological polar surface area (TPSA) is 52.1 Å². The fraction of sp³-hybridized carbons (Fsp3) is 0.222. The third-order valence-electron chi connectivity index (χ3n) is 6.70. The van der Waals surface area contributed by atoms with Gasteiger partial charge >= 0.3 is 0 Å². The number of rotatable bonds is 4. The normalized spacial score (nSPS) is 14.8. The number of ether oxygens (including phenoxy) is 2. The minimum atomic E-state index is -0.405. The Morgan fingerprint density at radius 3 is 2.59 bits per heavy atom. The molecule has 2 aromatic heterocycles. The molecule has 172 valence electrons. The second-order valence-electron chi connectivity index (χ2n) is 8.63. The summed E-state index contributed by atoms with van der Waals surface area (Å²) in [4.78, 5) is 0. The number of methoxy groups -OCH3 is 1. The largest absolute Gasteiger partial charge is 0.494 e. The maximum Gasteiger partial charge on any atom is 0.165 e. The van der Waals surface area contributed by atoms with E-state index in [0.29, 0.717) is 13.2 Å². The molecular weight excluding hydrogens is 436 g/mol. The zero-order chi connectivity index (χ0) is 23.2. The third kappa shape index (κ3) is 3.35. The Hall–Kier alpha value is -3.71. The highest BCUT2D eigenvalue weighted by Gasteiger charge is 2.28. The average Bonchev–Trinajstić information content (AvgIpc) is 3.46. The third-order valence-corrected chi connectivity index (χ3v) is 6.70. The van der Waals surface area contributed by atoms with Gasteiger partial charge in [0.25, 0.3) is 0 Å². The molecule has 0 radical (unpaired) electrons. The quantitative estimate of drug-likeness (QED) is 0.341. The molecule has 0 unspecified atom stereocenters. The molecule has 1 saturated heterocycles. The van der Waals surface area contributed by atoms with E-state index in [1.807, 2.05) is 0 Å². The van der Waals surface area contributed by atoms with Crippen LogP contribution in [-0.2, 0) is 4.74 Å². The fourth-order valence-electron chi connectivity index (χ4n) is 5.09. The monoisotopic (exact) mass is 459 g/mol. The van der Waals surface area contributed by atoms with Crippen molar-refractivity contribution in [3.63, 3.8) is 0 Å². The molecule has 0 bridgehead atoms. The summed E-state index contributed by atoms with van der Waals surface area (Å²) in [5, 5.41) is 9.26. The van der Waals surface area contributed by atoms with Gasteiger partial charge < -0.3 is 14.0 Å². The van der Waals surface area contributed by atoms with Crippen LogP contribution in [0.3, 0.4) is 0 Å². The van der Waals surface area contributed by atoms with Crippen molar-refractivity contribution < 1.29 is 18.3 Å². The van der Waals surface area contributed by atoms with Crippen molar-refractivity contribution in [2.45, 2.75) is 18.8 Å². The molecule has 7 heteroatoms. The van der Waals surface area contributed by atoms with E-state index in [0.717, 1.165) is 57.2 Å². The summed E-state index contributed by atoms with van der Waals surface area (Å²) in [7, 11) is 1.47. The molecule has 34 heavy (non-hydrogen) atoms. The first-order chi connectivity index (χ1) is 16.6. The van der Waals surface area contributed by atoms with Gasteiger partial charge in [-0.1, -0.05) is 6.07 Å². The minimum absolute atomic E-state index is 0.195. The van der Waals surface area contributed by atoms with Crippen molar-refractivity contribution in [3.8, 4) is 22.6 Å². The molecule has 1 aliphatic heterocycles. The lowest BCUT2D eigenvalue weighted by atomic mass is 9.89. The second kappa shape index (κ2) is 8.25. The highest BCUT2D eigenvalue weighted by atomic mass is 19.1. The predicted molar refractivity (Wildman–Crippen MR) is 128 cm³/mol. The van der Waals surface area contributed by atoms with Crippen LogP contribution in [0.15, 0.2) is 60.8 Å². The van der Waals surface area contributed by atoms with Crippen LogP contribution in [-0.4, -0.2) is 35.1 Å². The van der Waals surface area contributed by atoms with Gasteiger partial charge in [-0.15, -0.1) is 0 Å². The van der Waals surface area contributed by atoms with Gasteiger partial charge in [0, 0.05) is 46.8 Å². The van der Waals surface area contributed by atoms with Gasteiger partial charge in [0.2, 0.25) is 0 Å². The number of hydrogen-bond donors (Lipinski definition) is 1. The second-order valence-corrected chi connectivity index (χ2v) is 8.63. The number of nitrogens with one attached hydrogen (secondary N) is 1. The highest BCUT2D eigenvalue weighted by molar-refractivity contribution is 6.05. The summed E-state index contributed by atoms with van der Waals surface area (Å²) >= 11 is 0. The number of halogens is 2. The Balaban J connectivity index is 1.74. The van der Waals surface area contributed by atoms with Crippen molar-refractivity contribution in [1.82, 2.24) is 14.8 Å².